The first-order valence-corrected chi connectivity index (χ1v) is 3.09. The summed E-state index contributed by atoms with van der Waals surface area (Å²) in [5.74, 6) is 0. The van der Waals surface area contributed by atoms with Gasteiger partial charge in [0.2, 0.25) is 6.29 Å². The first kappa shape index (κ1) is 6.63. The van der Waals surface area contributed by atoms with Crippen molar-refractivity contribution in [2.45, 2.75) is 6.29 Å². The van der Waals surface area contributed by atoms with Crippen LogP contribution in [0.3, 0.4) is 0 Å². The van der Waals surface area contributed by atoms with Gasteiger partial charge >= 0.3 is 0 Å². The van der Waals surface area contributed by atoms with Crippen molar-refractivity contribution in [3.05, 3.63) is 16.6 Å². The molecule has 0 aromatic carbocycles. The highest BCUT2D eigenvalue weighted by Crippen LogP contribution is 2.16. The van der Waals surface area contributed by atoms with E-state index < -0.39 is 6.29 Å². The molecule has 4 nitrogen and oxygen atoms in total. The van der Waals surface area contributed by atoms with Gasteiger partial charge in [-0.05, 0) is 0 Å². The largest absolute Gasteiger partial charge is 0.361 e. The second kappa shape index (κ2) is 2.88. The lowest BCUT2D eigenvalue weighted by Gasteiger charge is -1.99. The molecule has 1 unspecified atom stereocenters. The van der Waals surface area contributed by atoms with E-state index in [4.69, 9.17) is 10.4 Å². The molecule has 0 amide bonds. The highest BCUT2D eigenvalue weighted by Gasteiger charge is 2.07. The zero-order valence-electron chi connectivity index (χ0n) is 4.39. The van der Waals surface area contributed by atoms with Crippen LogP contribution in [0.15, 0.2) is 11.7 Å². The van der Waals surface area contributed by atoms with Crippen molar-refractivity contribution in [3.63, 3.8) is 0 Å². The van der Waals surface area contributed by atoms with Crippen LogP contribution >= 0.6 is 11.3 Å². The van der Waals surface area contributed by atoms with Crippen LogP contribution in [-0.2, 0) is 4.89 Å². The Labute approximate surface area is 55.3 Å². The monoisotopic (exact) mass is 147 g/mol. The SMILES string of the molecule is OOC(O)c1cncs1. The average Bonchev–Trinajstić information content (AvgIpc) is 2.37. The minimum absolute atomic E-state index is 0.484. The molecule has 9 heavy (non-hydrogen) atoms. The summed E-state index contributed by atoms with van der Waals surface area (Å²) in [6, 6.07) is 0. The Morgan fingerprint density at radius 1 is 1.78 bits per heavy atom. The molecule has 5 heteroatoms. The number of aliphatic hydroxyl groups is 1. The number of hydrogen-bond donors (Lipinski definition) is 2. The molecule has 1 aromatic heterocycles. The Morgan fingerprint density at radius 3 is 3.00 bits per heavy atom. The Morgan fingerprint density at radius 2 is 2.56 bits per heavy atom. The molecule has 0 fully saturated rings. The van der Waals surface area contributed by atoms with Crippen molar-refractivity contribution < 1.29 is 15.3 Å². The van der Waals surface area contributed by atoms with Crippen molar-refractivity contribution in [2.75, 3.05) is 0 Å². The van der Waals surface area contributed by atoms with E-state index in [0.29, 0.717) is 4.88 Å². The lowest BCUT2D eigenvalue weighted by atomic mass is 10.5. The number of hydrogen-bond acceptors (Lipinski definition) is 5. The first-order chi connectivity index (χ1) is 4.34. The molecule has 1 aromatic rings. The van der Waals surface area contributed by atoms with Gasteiger partial charge in [-0.1, -0.05) is 0 Å². The molecule has 0 radical (unpaired) electrons. The van der Waals surface area contributed by atoms with E-state index in [2.05, 4.69) is 9.87 Å². The Kier molecular flexibility index (Phi) is 2.12. The topological polar surface area (TPSA) is 62.6 Å². The summed E-state index contributed by atoms with van der Waals surface area (Å²) < 4.78 is 0. The predicted molar refractivity (Wildman–Crippen MR) is 30.8 cm³/mol. The third-order valence-electron chi connectivity index (χ3n) is 0.795. The van der Waals surface area contributed by atoms with Gasteiger partial charge in [-0.3, -0.25) is 4.98 Å². The Hall–Kier alpha value is -0.490. The van der Waals surface area contributed by atoms with Crippen molar-refractivity contribution >= 4 is 11.3 Å². The molecule has 50 valence electrons. The van der Waals surface area contributed by atoms with Gasteiger partial charge < -0.3 is 5.11 Å². The molecule has 0 saturated carbocycles. The number of aromatic nitrogens is 1. The molecule has 1 atom stereocenters. The molecule has 0 spiro atoms. The molecule has 0 aliphatic heterocycles. The van der Waals surface area contributed by atoms with Gasteiger partial charge in [0, 0.05) is 6.20 Å². The van der Waals surface area contributed by atoms with Crippen LogP contribution in [0, 0.1) is 0 Å². The normalized spacial score (nSPS) is 13.6. The summed E-state index contributed by atoms with van der Waals surface area (Å²) in [5, 5.41) is 16.7. The fourth-order valence-corrected chi connectivity index (χ4v) is 0.924. The van der Waals surface area contributed by atoms with Gasteiger partial charge in [0.15, 0.2) is 0 Å². The predicted octanol–water partition coefficient (Wildman–Crippen LogP) is 0.624. The summed E-state index contributed by atoms with van der Waals surface area (Å²) in [7, 11) is 0. The van der Waals surface area contributed by atoms with E-state index in [1.807, 2.05) is 0 Å². The summed E-state index contributed by atoms with van der Waals surface area (Å²) in [6.45, 7) is 0. The quantitative estimate of drug-likeness (QED) is 0.366. The fraction of sp³-hybridized carbons (Fsp3) is 0.250. The molecule has 0 saturated heterocycles. The van der Waals surface area contributed by atoms with Gasteiger partial charge in [0.1, 0.15) is 0 Å². The zero-order chi connectivity index (χ0) is 6.69. The maximum Gasteiger partial charge on any atom is 0.225 e. The summed E-state index contributed by atoms with van der Waals surface area (Å²) in [6.07, 6.45) is 0.170. The second-order valence-corrected chi connectivity index (χ2v) is 2.28. The van der Waals surface area contributed by atoms with Gasteiger partial charge in [-0.25, -0.2) is 10.1 Å². The van der Waals surface area contributed by atoms with Gasteiger partial charge in [-0.15, -0.1) is 11.3 Å². The minimum atomic E-state index is -1.25. The Balaban J connectivity index is 2.65. The van der Waals surface area contributed by atoms with E-state index >= 15 is 0 Å². The van der Waals surface area contributed by atoms with Gasteiger partial charge in [0.25, 0.3) is 0 Å². The molecule has 0 bridgehead atoms. The standard InChI is InChI=1S/C4H5NO3S/c6-4(8-7)3-1-5-2-9-3/h1-2,4,6-7H. The molecule has 0 aliphatic rings. The van der Waals surface area contributed by atoms with Crippen LogP contribution in [-0.4, -0.2) is 15.3 Å². The van der Waals surface area contributed by atoms with Crippen molar-refractivity contribution in [1.29, 1.82) is 0 Å². The van der Waals surface area contributed by atoms with E-state index in [1.54, 1.807) is 0 Å². The lowest BCUT2D eigenvalue weighted by Crippen LogP contribution is -1.95. The number of thiazole rings is 1. The van der Waals surface area contributed by atoms with Crippen molar-refractivity contribution in [1.82, 2.24) is 4.98 Å². The first-order valence-electron chi connectivity index (χ1n) is 2.21. The smallest absolute Gasteiger partial charge is 0.225 e. The summed E-state index contributed by atoms with van der Waals surface area (Å²) >= 11 is 1.21. The van der Waals surface area contributed by atoms with Crippen LogP contribution in [0.1, 0.15) is 11.2 Å². The van der Waals surface area contributed by atoms with Crippen molar-refractivity contribution in [3.8, 4) is 0 Å². The Bertz CT molecular complexity index is 164. The summed E-state index contributed by atoms with van der Waals surface area (Å²) in [5.41, 5.74) is 1.54. The zero-order valence-corrected chi connectivity index (χ0v) is 5.21. The third kappa shape index (κ3) is 1.46. The fourth-order valence-electron chi connectivity index (χ4n) is 0.400. The maximum atomic E-state index is 8.72. The minimum Gasteiger partial charge on any atom is -0.361 e. The number of nitrogens with zero attached hydrogens (tertiary/aromatic N) is 1. The average molecular weight is 147 g/mol. The highest BCUT2D eigenvalue weighted by molar-refractivity contribution is 7.09. The number of aliphatic hydroxyl groups excluding tert-OH is 1. The van der Waals surface area contributed by atoms with Crippen molar-refractivity contribution in [2.24, 2.45) is 0 Å². The van der Waals surface area contributed by atoms with Crippen LogP contribution in [0.4, 0.5) is 0 Å². The van der Waals surface area contributed by atoms with Crippen LogP contribution in [0.5, 0.6) is 0 Å². The molecule has 1 heterocycles. The van der Waals surface area contributed by atoms with Crippen LogP contribution in [0.2, 0.25) is 0 Å². The number of rotatable bonds is 2. The van der Waals surface area contributed by atoms with E-state index in [-0.39, 0.29) is 0 Å². The molecule has 2 N–H and O–H groups in total. The third-order valence-corrected chi connectivity index (χ3v) is 1.60. The second-order valence-electron chi connectivity index (χ2n) is 1.36. The maximum absolute atomic E-state index is 8.72. The highest BCUT2D eigenvalue weighted by atomic mass is 32.1. The molecular weight excluding hydrogens is 142 g/mol. The molecule has 0 aliphatic carbocycles. The lowest BCUT2D eigenvalue weighted by molar-refractivity contribution is -0.337. The van der Waals surface area contributed by atoms with Gasteiger partial charge in [-0.2, -0.15) is 0 Å². The van der Waals surface area contributed by atoms with Gasteiger partial charge in [0.05, 0.1) is 10.4 Å². The van der Waals surface area contributed by atoms with E-state index in [9.17, 15) is 0 Å². The van der Waals surface area contributed by atoms with Crippen LogP contribution in [0.25, 0.3) is 0 Å². The molecule has 1 rings (SSSR count). The van der Waals surface area contributed by atoms with Crippen LogP contribution < -0.4 is 0 Å². The molecular formula is C4H5NO3S. The van der Waals surface area contributed by atoms with E-state index in [1.165, 1.54) is 23.0 Å². The van der Waals surface area contributed by atoms with E-state index in [0.717, 1.165) is 0 Å². The summed E-state index contributed by atoms with van der Waals surface area (Å²) in [4.78, 5) is 7.76.